The van der Waals surface area contributed by atoms with Crippen LogP contribution in [0.15, 0.2) is 30.0 Å². The second-order valence-electron chi connectivity index (χ2n) is 4.40. The number of rotatable bonds is 3. The molecule has 3 nitrogen and oxygen atoms in total. The van der Waals surface area contributed by atoms with E-state index in [-0.39, 0.29) is 13.1 Å². The van der Waals surface area contributed by atoms with E-state index in [0.717, 1.165) is 6.08 Å². The molecule has 1 aromatic carbocycles. The minimum absolute atomic E-state index is 0.251. The van der Waals surface area contributed by atoms with Crippen LogP contribution in [0.4, 0.5) is 13.2 Å². The molecule has 2 rings (SSSR count). The number of morpholine rings is 1. The van der Waals surface area contributed by atoms with Crippen molar-refractivity contribution in [3.05, 3.63) is 35.5 Å². The van der Waals surface area contributed by atoms with Gasteiger partial charge in [-0.2, -0.15) is 13.2 Å². The van der Waals surface area contributed by atoms with Crippen LogP contribution in [0.25, 0.3) is 6.08 Å². The van der Waals surface area contributed by atoms with Gasteiger partial charge in [-0.3, -0.25) is 0 Å². The first-order valence-electron chi connectivity index (χ1n) is 6.26. The van der Waals surface area contributed by atoms with E-state index in [0.29, 0.717) is 24.5 Å². The Labute approximate surface area is 115 Å². The molecule has 110 valence electrons. The topological polar surface area (TPSA) is 21.7 Å². The van der Waals surface area contributed by atoms with Gasteiger partial charge in [0, 0.05) is 13.1 Å². The maximum atomic E-state index is 13.2. The third-order valence-electron chi connectivity index (χ3n) is 3.06. The average Bonchev–Trinajstić information content (AvgIpc) is 2.45. The second kappa shape index (κ2) is 6.17. The molecule has 1 heterocycles. The van der Waals surface area contributed by atoms with Crippen LogP contribution < -0.4 is 4.74 Å². The molecule has 1 aliphatic heterocycles. The van der Waals surface area contributed by atoms with E-state index in [2.05, 4.69) is 0 Å². The van der Waals surface area contributed by atoms with E-state index < -0.39 is 11.9 Å². The summed E-state index contributed by atoms with van der Waals surface area (Å²) >= 11 is 0. The number of benzene rings is 1. The molecule has 0 spiro atoms. The molecule has 1 fully saturated rings. The number of alkyl halides is 3. The molecule has 0 atom stereocenters. The molecule has 1 saturated heterocycles. The van der Waals surface area contributed by atoms with E-state index in [9.17, 15) is 13.2 Å². The predicted molar refractivity (Wildman–Crippen MR) is 69.4 cm³/mol. The summed E-state index contributed by atoms with van der Waals surface area (Å²) in [6.45, 7) is 1.13. The van der Waals surface area contributed by atoms with Crippen molar-refractivity contribution >= 4 is 6.08 Å². The molecule has 0 saturated carbocycles. The highest BCUT2D eigenvalue weighted by molar-refractivity contribution is 5.54. The van der Waals surface area contributed by atoms with Crippen LogP contribution >= 0.6 is 0 Å². The predicted octanol–water partition coefficient (Wildman–Crippen LogP) is 2.93. The third-order valence-corrected chi connectivity index (χ3v) is 3.06. The highest BCUT2D eigenvalue weighted by Gasteiger charge is 2.38. The van der Waals surface area contributed by atoms with Gasteiger partial charge in [-0.25, -0.2) is 0 Å². The molecule has 0 unspecified atom stereocenters. The molecular formula is C14H16F3NO2. The summed E-state index contributed by atoms with van der Waals surface area (Å²) in [5.41, 5.74) is -0.143. The molecule has 1 aliphatic rings. The van der Waals surface area contributed by atoms with E-state index in [1.807, 2.05) is 0 Å². The van der Waals surface area contributed by atoms with Crippen molar-refractivity contribution in [1.82, 2.24) is 4.90 Å². The second-order valence-corrected chi connectivity index (χ2v) is 4.40. The summed E-state index contributed by atoms with van der Waals surface area (Å²) in [6, 6.07) is 6.48. The van der Waals surface area contributed by atoms with Crippen molar-refractivity contribution in [2.75, 3.05) is 33.4 Å². The largest absolute Gasteiger partial charge is 0.497 e. The van der Waals surface area contributed by atoms with Gasteiger partial charge in [-0.05, 0) is 23.8 Å². The van der Waals surface area contributed by atoms with Crippen LogP contribution in [0, 0.1) is 0 Å². The number of allylic oxidation sites excluding steroid dienone is 1. The lowest BCUT2D eigenvalue weighted by Crippen LogP contribution is -2.40. The molecule has 0 aliphatic carbocycles. The Morgan fingerprint density at radius 1 is 1.20 bits per heavy atom. The molecule has 0 aromatic heterocycles. The highest BCUT2D eigenvalue weighted by Crippen LogP contribution is 2.31. The van der Waals surface area contributed by atoms with Gasteiger partial charge < -0.3 is 14.4 Å². The van der Waals surface area contributed by atoms with Crippen LogP contribution in [0.2, 0.25) is 0 Å². The fourth-order valence-electron chi connectivity index (χ4n) is 2.01. The molecule has 6 heteroatoms. The van der Waals surface area contributed by atoms with Gasteiger partial charge in [0.1, 0.15) is 11.4 Å². The van der Waals surface area contributed by atoms with Gasteiger partial charge in [0.2, 0.25) is 0 Å². The summed E-state index contributed by atoms with van der Waals surface area (Å²) in [5.74, 6) is 0.613. The maximum Gasteiger partial charge on any atom is 0.431 e. The van der Waals surface area contributed by atoms with E-state index in [1.165, 1.54) is 12.0 Å². The van der Waals surface area contributed by atoms with Crippen molar-refractivity contribution in [3.8, 4) is 5.75 Å². The van der Waals surface area contributed by atoms with Crippen molar-refractivity contribution in [3.63, 3.8) is 0 Å². The lowest BCUT2D eigenvalue weighted by Gasteiger charge is -2.32. The fourth-order valence-corrected chi connectivity index (χ4v) is 2.01. The summed E-state index contributed by atoms with van der Waals surface area (Å²) in [7, 11) is 1.51. The average molecular weight is 287 g/mol. The normalized spacial score (nSPS) is 17.2. The number of ether oxygens (including phenoxy) is 2. The first-order chi connectivity index (χ1) is 9.50. The SMILES string of the molecule is COc1ccc(/C=C(/N2CCOCC2)C(F)(F)F)cc1. The Kier molecular flexibility index (Phi) is 4.54. The molecule has 1 aromatic rings. The van der Waals surface area contributed by atoms with E-state index >= 15 is 0 Å². The zero-order valence-electron chi connectivity index (χ0n) is 11.1. The minimum Gasteiger partial charge on any atom is -0.497 e. The quantitative estimate of drug-likeness (QED) is 0.853. The summed E-state index contributed by atoms with van der Waals surface area (Å²) in [4.78, 5) is 1.31. The van der Waals surface area contributed by atoms with Gasteiger partial charge in [-0.1, -0.05) is 12.1 Å². The van der Waals surface area contributed by atoms with Crippen LogP contribution in [-0.2, 0) is 4.74 Å². The first-order valence-corrected chi connectivity index (χ1v) is 6.26. The van der Waals surface area contributed by atoms with Gasteiger partial charge in [-0.15, -0.1) is 0 Å². The summed E-state index contributed by atoms with van der Waals surface area (Å²) < 4.78 is 49.6. The van der Waals surface area contributed by atoms with E-state index in [1.54, 1.807) is 24.3 Å². The lowest BCUT2D eigenvalue weighted by molar-refractivity contribution is -0.116. The Balaban J connectivity index is 2.26. The molecule has 0 radical (unpaired) electrons. The Morgan fingerprint density at radius 3 is 2.30 bits per heavy atom. The maximum absolute atomic E-state index is 13.2. The number of nitrogens with zero attached hydrogens (tertiary/aromatic N) is 1. The Morgan fingerprint density at radius 2 is 1.80 bits per heavy atom. The monoisotopic (exact) mass is 287 g/mol. The Bertz CT molecular complexity index is 462. The third kappa shape index (κ3) is 3.66. The van der Waals surface area contributed by atoms with Crippen LogP contribution in [0.3, 0.4) is 0 Å². The standard InChI is InChI=1S/C14H16F3NO2/c1-19-12-4-2-11(3-5-12)10-13(14(15,16)17)18-6-8-20-9-7-18/h2-5,10H,6-9H2,1H3/b13-10+. The van der Waals surface area contributed by atoms with Crippen molar-refractivity contribution in [2.24, 2.45) is 0 Å². The number of methoxy groups -OCH3 is 1. The molecule has 0 N–H and O–H groups in total. The van der Waals surface area contributed by atoms with Gasteiger partial charge >= 0.3 is 6.18 Å². The van der Waals surface area contributed by atoms with E-state index in [4.69, 9.17) is 9.47 Å². The zero-order chi connectivity index (χ0) is 14.6. The zero-order valence-corrected chi connectivity index (χ0v) is 11.1. The number of halogens is 3. The fraction of sp³-hybridized carbons (Fsp3) is 0.429. The molecular weight excluding hydrogens is 271 g/mol. The van der Waals surface area contributed by atoms with Gasteiger partial charge in [0.15, 0.2) is 0 Å². The van der Waals surface area contributed by atoms with Gasteiger partial charge in [0.25, 0.3) is 0 Å². The lowest BCUT2D eigenvalue weighted by atomic mass is 10.1. The van der Waals surface area contributed by atoms with Crippen LogP contribution in [-0.4, -0.2) is 44.5 Å². The van der Waals surface area contributed by atoms with Crippen molar-refractivity contribution in [2.45, 2.75) is 6.18 Å². The molecule has 20 heavy (non-hydrogen) atoms. The molecule has 0 amide bonds. The molecule has 0 bridgehead atoms. The summed E-state index contributed by atoms with van der Waals surface area (Å²) in [6.07, 6.45) is -3.22. The number of hydrogen-bond acceptors (Lipinski definition) is 3. The smallest absolute Gasteiger partial charge is 0.431 e. The summed E-state index contributed by atoms with van der Waals surface area (Å²) in [5, 5.41) is 0. The van der Waals surface area contributed by atoms with Crippen LogP contribution in [0.5, 0.6) is 5.75 Å². The Hall–Kier alpha value is -1.69. The van der Waals surface area contributed by atoms with Crippen LogP contribution in [0.1, 0.15) is 5.56 Å². The first kappa shape index (κ1) is 14.7. The minimum atomic E-state index is -4.38. The number of hydrogen-bond donors (Lipinski definition) is 0. The van der Waals surface area contributed by atoms with Gasteiger partial charge in [0.05, 0.1) is 20.3 Å². The van der Waals surface area contributed by atoms with Crippen molar-refractivity contribution in [1.29, 1.82) is 0 Å². The highest BCUT2D eigenvalue weighted by atomic mass is 19.4. The van der Waals surface area contributed by atoms with Crippen molar-refractivity contribution < 1.29 is 22.6 Å².